The quantitative estimate of drug-likeness (QED) is 0.578. The highest BCUT2D eigenvalue weighted by atomic mass is 16.5. The number of hydrogen-bond donors (Lipinski definition) is 0. The van der Waals surface area contributed by atoms with Gasteiger partial charge in [0.2, 0.25) is 0 Å². The molecule has 0 aromatic heterocycles. The predicted molar refractivity (Wildman–Crippen MR) is 109 cm³/mol. The van der Waals surface area contributed by atoms with Crippen molar-refractivity contribution in [1.82, 2.24) is 4.90 Å². The Bertz CT molecular complexity index is 741. The molecule has 0 spiro atoms. The summed E-state index contributed by atoms with van der Waals surface area (Å²) in [4.78, 5) is 26.0. The summed E-state index contributed by atoms with van der Waals surface area (Å²) < 4.78 is 10.6. The first-order valence-electron chi connectivity index (χ1n) is 9.69. The lowest BCUT2D eigenvalue weighted by Gasteiger charge is -2.22. The van der Waals surface area contributed by atoms with Crippen LogP contribution in [0.1, 0.15) is 44.2 Å². The number of hydrogen-bond acceptors (Lipinski definition) is 4. The first-order valence-corrected chi connectivity index (χ1v) is 9.69. The van der Waals surface area contributed by atoms with Crippen molar-refractivity contribution in [3.8, 4) is 5.75 Å². The molecule has 0 bridgehead atoms. The predicted octanol–water partition coefficient (Wildman–Crippen LogP) is 4.17. The van der Waals surface area contributed by atoms with E-state index in [1.54, 1.807) is 11.8 Å². The zero-order valence-electron chi connectivity index (χ0n) is 16.9. The van der Waals surface area contributed by atoms with Crippen LogP contribution in [0, 0.1) is 0 Å². The molecule has 0 N–H and O–H groups in total. The van der Waals surface area contributed by atoms with E-state index in [-0.39, 0.29) is 24.9 Å². The third-order valence-corrected chi connectivity index (χ3v) is 4.37. The largest absolute Gasteiger partial charge is 0.484 e. The molecule has 0 radical (unpaired) electrons. The van der Waals surface area contributed by atoms with Crippen LogP contribution < -0.4 is 4.74 Å². The molecular formula is C23H29NO4. The highest BCUT2D eigenvalue weighted by Crippen LogP contribution is 2.18. The summed E-state index contributed by atoms with van der Waals surface area (Å²) in [5, 5.41) is 0. The van der Waals surface area contributed by atoms with Crippen LogP contribution in [0.5, 0.6) is 5.75 Å². The summed E-state index contributed by atoms with van der Waals surface area (Å²) in [6.07, 6.45) is 0.162. The Morgan fingerprint density at radius 2 is 1.68 bits per heavy atom. The Morgan fingerprint density at radius 3 is 2.29 bits per heavy atom. The smallest absolute Gasteiger partial charge is 0.307 e. The summed E-state index contributed by atoms with van der Waals surface area (Å²) in [5.41, 5.74) is 2.22. The Morgan fingerprint density at radius 1 is 1.00 bits per heavy atom. The van der Waals surface area contributed by atoms with Crippen molar-refractivity contribution in [3.05, 3.63) is 65.7 Å². The van der Waals surface area contributed by atoms with Gasteiger partial charge in [-0.15, -0.1) is 0 Å². The van der Waals surface area contributed by atoms with Crippen LogP contribution >= 0.6 is 0 Å². The Hall–Kier alpha value is -2.82. The average molecular weight is 383 g/mol. The molecule has 150 valence electrons. The Labute approximate surface area is 167 Å². The molecule has 0 atom stereocenters. The van der Waals surface area contributed by atoms with Crippen molar-refractivity contribution in [2.75, 3.05) is 19.8 Å². The molecule has 2 aromatic carbocycles. The molecule has 28 heavy (non-hydrogen) atoms. The molecule has 0 saturated carbocycles. The second-order valence-electron chi connectivity index (χ2n) is 6.87. The SMILES string of the molecule is CCOC(=O)CCN(Cc1ccccc1)C(=O)COc1ccc(C(C)C)cc1. The molecule has 5 heteroatoms. The maximum Gasteiger partial charge on any atom is 0.307 e. The Balaban J connectivity index is 1.97. The van der Waals surface area contributed by atoms with E-state index in [4.69, 9.17) is 9.47 Å². The van der Waals surface area contributed by atoms with Crippen molar-refractivity contribution in [2.24, 2.45) is 0 Å². The summed E-state index contributed by atoms with van der Waals surface area (Å²) in [7, 11) is 0. The number of benzene rings is 2. The van der Waals surface area contributed by atoms with E-state index in [1.165, 1.54) is 5.56 Å². The fourth-order valence-corrected chi connectivity index (χ4v) is 2.74. The average Bonchev–Trinajstić information content (AvgIpc) is 2.70. The zero-order chi connectivity index (χ0) is 20.4. The van der Waals surface area contributed by atoms with E-state index >= 15 is 0 Å². The highest BCUT2D eigenvalue weighted by Gasteiger charge is 2.17. The van der Waals surface area contributed by atoms with Gasteiger partial charge in [-0.2, -0.15) is 0 Å². The first-order chi connectivity index (χ1) is 13.5. The Kier molecular flexibility index (Phi) is 8.53. The summed E-state index contributed by atoms with van der Waals surface area (Å²) >= 11 is 0. The lowest BCUT2D eigenvalue weighted by atomic mass is 10.0. The second-order valence-corrected chi connectivity index (χ2v) is 6.87. The van der Waals surface area contributed by atoms with Crippen LogP contribution in [0.3, 0.4) is 0 Å². The molecular weight excluding hydrogens is 354 g/mol. The molecule has 0 fully saturated rings. The van der Waals surface area contributed by atoms with Gasteiger partial charge in [0.1, 0.15) is 5.75 Å². The van der Waals surface area contributed by atoms with Gasteiger partial charge in [-0.3, -0.25) is 9.59 Å². The van der Waals surface area contributed by atoms with Crippen LogP contribution in [0.25, 0.3) is 0 Å². The molecule has 2 aromatic rings. The van der Waals surface area contributed by atoms with Gasteiger partial charge < -0.3 is 14.4 Å². The summed E-state index contributed by atoms with van der Waals surface area (Å²) in [6.45, 7) is 7.01. The third kappa shape index (κ3) is 7.06. The van der Waals surface area contributed by atoms with E-state index in [1.807, 2.05) is 54.6 Å². The summed E-state index contributed by atoms with van der Waals surface area (Å²) in [6, 6.07) is 17.5. The van der Waals surface area contributed by atoms with E-state index in [9.17, 15) is 9.59 Å². The molecule has 0 aliphatic carbocycles. The number of amides is 1. The minimum Gasteiger partial charge on any atom is -0.484 e. The molecule has 0 aliphatic rings. The van der Waals surface area contributed by atoms with Gasteiger partial charge in [0.15, 0.2) is 6.61 Å². The van der Waals surface area contributed by atoms with Crippen molar-refractivity contribution >= 4 is 11.9 Å². The zero-order valence-corrected chi connectivity index (χ0v) is 16.9. The van der Waals surface area contributed by atoms with Gasteiger partial charge in [-0.1, -0.05) is 56.3 Å². The normalized spacial score (nSPS) is 10.6. The lowest BCUT2D eigenvalue weighted by Crippen LogP contribution is -2.36. The monoisotopic (exact) mass is 383 g/mol. The van der Waals surface area contributed by atoms with Crippen LogP contribution in [0.4, 0.5) is 0 Å². The van der Waals surface area contributed by atoms with E-state index in [0.717, 1.165) is 5.56 Å². The van der Waals surface area contributed by atoms with Crippen molar-refractivity contribution in [1.29, 1.82) is 0 Å². The maximum absolute atomic E-state index is 12.7. The van der Waals surface area contributed by atoms with Crippen molar-refractivity contribution in [2.45, 2.75) is 39.7 Å². The fraction of sp³-hybridized carbons (Fsp3) is 0.391. The van der Waals surface area contributed by atoms with Gasteiger partial charge in [0.05, 0.1) is 13.0 Å². The van der Waals surface area contributed by atoms with Crippen LogP contribution in [0.2, 0.25) is 0 Å². The number of carbonyl (C=O) groups excluding carboxylic acids is 2. The molecule has 2 rings (SSSR count). The number of esters is 1. The molecule has 0 aliphatic heterocycles. The summed E-state index contributed by atoms with van der Waals surface area (Å²) in [5.74, 6) is 0.627. The van der Waals surface area contributed by atoms with Gasteiger partial charge >= 0.3 is 5.97 Å². The van der Waals surface area contributed by atoms with E-state index < -0.39 is 0 Å². The van der Waals surface area contributed by atoms with Crippen molar-refractivity contribution < 1.29 is 19.1 Å². The fourth-order valence-electron chi connectivity index (χ4n) is 2.74. The highest BCUT2D eigenvalue weighted by molar-refractivity contribution is 5.78. The molecule has 0 heterocycles. The lowest BCUT2D eigenvalue weighted by molar-refractivity contribution is -0.144. The standard InChI is InChI=1S/C23H29NO4/c1-4-27-23(26)14-15-24(16-19-8-6-5-7-9-19)22(25)17-28-21-12-10-20(11-13-21)18(2)3/h5-13,18H,4,14-17H2,1-3H3. The van der Waals surface area contributed by atoms with Crippen LogP contribution in [-0.2, 0) is 20.9 Å². The van der Waals surface area contributed by atoms with Crippen molar-refractivity contribution in [3.63, 3.8) is 0 Å². The van der Waals surface area contributed by atoms with Crippen LogP contribution in [-0.4, -0.2) is 36.5 Å². The topological polar surface area (TPSA) is 55.8 Å². The number of nitrogens with zero attached hydrogens (tertiary/aromatic N) is 1. The van der Waals surface area contributed by atoms with Gasteiger partial charge in [0.25, 0.3) is 5.91 Å². The maximum atomic E-state index is 12.7. The minimum absolute atomic E-state index is 0.0727. The molecule has 5 nitrogen and oxygen atoms in total. The second kappa shape index (κ2) is 11.1. The minimum atomic E-state index is -0.307. The number of carbonyl (C=O) groups is 2. The van der Waals surface area contributed by atoms with Gasteiger partial charge in [-0.25, -0.2) is 0 Å². The third-order valence-electron chi connectivity index (χ3n) is 4.37. The molecule has 1 amide bonds. The molecule has 0 unspecified atom stereocenters. The molecule has 0 saturated heterocycles. The number of rotatable bonds is 10. The van der Waals surface area contributed by atoms with Gasteiger partial charge in [-0.05, 0) is 36.1 Å². The van der Waals surface area contributed by atoms with Gasteiger partial charge in [0, 0.05) is 13.1 Å². The first kappa shape index (κ1) is 21.5. The van der Waals surface area contributed by atoms with E-state index in [2.05, 4.69) is 13.8 Å². The number of ether oxygens (including phenoxy) is 2. The van der Waals surface area contributed by atoms with E-state index in [0.29, 0.717) is 31.4 Å². The van der Waals surface area contributed by atoms with Crippen LogP contribution in [0.15, 0.2) is 54.6 Å².